The highest BCUT2D eigenvalue weighted by Gasteiger charge is 2.34. The highest BCUT2D eigenvalue weighted by Crippen LogP contribution is 2.27. The van der Waals surface area contributed by atoms with E-state index in [1.807, 2.05) is 11.3 Å². The lowest BCUT2D eigenvalue weighted by Gasteiger charge is -2.42. The Morgan fingerprint density at radius 2 is 1.78 bits per heavy atom. The Hall–Kier alpha value is -0.980. The molecule has 1 atom stereocenters. The maximum atomic E-state index is 12.8. The van der Waals surface area contributed by atoms with Gasteiger partial charge in [0.1, 0.15) is 5.01 Å². The first-order valence-electron chi connectivity index (χ1n) is 10.8. The van der Waals surface area contributed by atoms with Gasteiger partial charge in [-0.2, -0.15) is 0 Å². The van der Waals surface area contributed by atoms with Crippen LogP contribution in [0.5, 0.6) is 0 Å². The molecule has 6 heteroatoms. The zero-order valence-electron chi connectivity index (χ0n) is 17.0. The summed E-state index contributed by atoms with van der Waals surface area (Å²) in [6, 6.07) is 0.662. The second-order valence-corrected chi connectivity index (χ2v) is 9.91. The Bertz CT molecular complexity index is 627. The van der Waals surface area contributed by atoms with Gasteiger partial charge in [0.2, 0.25) is 5.91 Å². The number of nitrogens with zero attached hydrogens (tertiary/aromatic N) is 4. The van der Waals surface area contributed by atoms with Gasteiger partial charge in [0, 0.05) is 43.6 Å². The molecule has 3 aliphatic heterocycles. The van der Waals surface area contributed by atoms with E-state index in [1.54, 1.807) is 0 Å². The molecular weight excluding hydrogens is 356 g/mol. The van der Waals surface area contributed by atoms with Crippen LogP contribution in [-0.2, 0) is 11.3 Å². The van der Waals surface area contributed by atoms with Crippen LogP contribution in [-0.4, -0.2) is 70.9 Å². The summed E-state index contributed by atoms with van der Waals surface area (Å²) in [6.07, 6.45) is 7.12. The van der Waals surface area contributed by atoms with E-state index >= 15 is 0 Å². The van der Waals surface area contributed by atoms with Crippen molar-refractivity contribution in [3.63, 3.8) is 0 Å². The van der Waals surface area contributed by atoms with E-state index in [0.29, 0.717) is 11.9 Å². The van der Waals surface area contributed by atoms with Crippen molar-refractivity contribution in [2.24, 2.45) is 5.92 Å². The predicted octanol–water partition coefficient (Wildman–Crippen LogP) is 3.06. The summed E-state index contributed by atoms with van der Waals surface area (Å²) >= 11 is 1.85. The van der Waals surface area contributed by atoms with E-state index < -0.39 is 0 Å². The zero-order valence-corrected chi connectivity index (χ0v) is 17.8. The lowest BCUT2D eigenvalue weighted by molar-refractivity contribution is -0.136. The molecule has 0 spiro atoms. The fraction of sp³-hybridized carbons (Fsp3) is 0.810. The van der Waals surface area contributed by atoms with Gasteiger partial charge in [0.25, 0.3) is 0 Å². The number of rotatable bonds is 4. The van der Waals surface area contributed by atoms with Crippen molar-refractivity contribution >= 4 is 17.2 Å². The molecule has 150 valence electrons. The second-order valence-electron chi connectivity index (χ2n) is 8.62. The number of piperidine rings is 2. The van der Waals surface area contributed by atoms with Gasteiger partial charge < -0.3 is 4.90 Å². The molecule has 0 aliphatic carbocycles. The summed E-state index contributed by atoms with van der Waals surface area (Å²) in [5, 5.41) is 1.26. The van der Waals surface area contributed by atoms with Crippen LogP contribution in [0.3, 0.4) is 0 Å². The molecule has 3 fully saturated rings. The topological polar surface area (TPSA) is 39.7 Å². The van der Waals surface area contributed by atoms with Crippen molar-refractivity contribution in [3.05, 3.63) is 15.6 Å². The number of aryl methyl sites for hydroxylation is 2. The van der Waals surface area contributed by atoms with Gasteiger partial charge in [0.05, 0.1) is 18.2 Å². The lowest BCUT2D eigenvalue weighted by atomic mass is 9.93. The number of amides is 1. The molecule has 4 heterocycles. The lowest BCUT2D eigenvalue weighted by Crippen LogP contribution is -2.51. The Morgan fingerprint density at radius 3 is 2.44 bits per heavy atom. The van der Waals surface area contributed by atoms with Crippen LogP contribution in [0, 0.1) is 19.8 Å². The molecule has 0 saturated carbocycles. The molecule has 0 aromatic carbocycles. The van der Waals surface area contributed by atoms with Crippen LogP contribution >= 0.6 is 11.3 Å². The molecule has 0 N–H and O–H groups in total. The van der Waals surface area contributed by atoms with E-state index in [4.69, 9.17) is 4.98 Å². The molecule has 27 heavy (non-hydrogen) atoms. The molecule has 1 amide bonds. The van der Waals surface area contributed by atoms with Crippen molar-refractivity contribution in [2.45, 2.75) is 65.0 Å². The van der Waals surface area contributed by atoms with E-state index in [2.05, 4.69) is 28.5 Å². The minimum atomic E-state index is 0.246. The van der Waals surface area contributed by atoms with Crippen molar-refractivity contribution < 1.29 is 4.79 Å². The number of thiazole rings is 1. The first-order chi connectivity index (χ1) is 13.1. The summed E-state index contributed by atoms with van der Waals surface area (Å²) in [6.45, 7) is 11.7. The maximum absolute atomic E-state index is 12.8. The number of hydrogen-bond donors (Lipinski definition) is 0. The molecular formula is C21H34N4OS. The third kappa shape index (κ3) is 4.54. The molecule has 0 bridgehead atoms. The number of likely N-dealkylation sites (tertiary alicyclic amines) is 3. The summed E-state index contributed by atoms with van der Waals surface area (Å²) in [7, 11) is 0. The normalized spacial score (nSPS) is 26.0. The van der Waals surface area contributed by atoms with E-state index in [1.165, 1.54) is 54.2 Å². The monoisotopic (exact) mass is 390 g/mol. The van der Waals surface area contributed by atoms with Gasteiger partial charge in [-0.15, -0.1) is 11.3 Å². The smallest absolute Gasteiger partial charge is 0.226 e. The van der Waals surface area contributed by atoms with Crippen molar-refractivity contribution in [2.75, 3.05) is 39.3 Å². The highest BCUT2D eigenvalue weighted by atomic mass is 32.1. The zero-order chi connectivity index (χ0) is 18.8. The quantitative estimate of drug-likeness (QED) is 0.792. The van der Waals surface area contributed by atoms with Gasteiger partial charge in [0.15, 0.2) is 0 Å². The number of carbonyl (C=O) groups excluding carboxylic acids is 1. The van der Waals surface area contributed by atoms with Crippen LogP contribution in [0.1, 0.15) is 54.1 Å². The Labute approximate surface area is 167 Å². The molecule has 3 aliphatic rings. The minimum absolute atomic E-state index is 0.246. The first-order valence-corrected chi connectivity index (χ1v) is 11.6. The van der Waals surface area contributed by atoms with Crippen LogP contribution in [0.4, 0.5) is 0 Å². The van der Waals surface area contributed by atoms with E-state index in [9.17, 15) is 4.79 Å². The van der Waals surface area contributed by atoms with Crippen LogP contribution < -0.4 is 0 Å². The Balaban J connectivity index is 1.26. The van der Waals surface area contributed by atoms with Gasteiger partial charge in [-0.3, -0.25) is 14.6 Å². The van der Waals surface area contributed by atoms with Crippen LogP contribution in [0.15, 0.2) is 0 Å². The summed E-state index contributed by atoms with van der Waals surface area (Å²) in [5.74, 6) is 0.681. The van der Waals surface area contributed by atoms with Crippen molar-refractivity contribution in [1.29, 1.82) is 0 Å². The summed E-state index contributed by atoms with van der Waals surface area (Å²) in [4.78, 5) is 26.2. The third-order valence-corrected chi connectivity index (χ3v) is 7.78. The molecule has 3 saturated heterocycles. The Morgan fingerprint density at radius 1 is 1.04 bits per heavy atom. The molecule has 1 unspecified atom stereocenters. The highest BCUT2D eigenvalue weighted by molar-refractivity contribution is 7.11. The average molecular weight is 391 g/mol. The van der Waals surface area contributed by atoms with Crippen molar-refractivity contribution in [3.8, 4) is 0 Å². The SMILES string of the molecule is Cc1nc(CN2CCC(N3CCCC(C(=O)N4CCCC4)C3)CC2)sc1C. The first kappa shape index (κ1) is 19.3. The largest absolute Gasteiger partial charge is 0.342 e. The van der Waals surface area contributed by atoms with Crippen LogP contribution in [0.25, 0.3) is 0 Å². The molecule has 5 nitrogen and oxygen atoms in total. The van der Waals surface area contributed by atoms with Gasteiger partial charge in [-0.1, -0.05) is 0 Å². The summed E-state index contributed by atoms with van der Waals surface area (Å²) in [5.41, 5.74) is 1.19. The predicted molar refractivity (Wildman–Crippen MR) is 110 cm³/mol. The number of hydrogen-bond acceptors (Lipinski definition) is 5. The Kier molecular flexibility index (Phi) is 6.15. The van der Waals surface area contributed by atoms with Gasteiger partial charge in [-0.05, 0) is 58.9 Å². The number of aromatic nitrogens is 1. The molecule has 4 rings (SSSR count). The minimum Gasteiger partial charge on any atom is -0.342 e. The summed E-state index contributed by atoms with van der Waals surface area (Å²) < 4.78 is 0. The van der Waals surface area contributed by atoms with Gasteiger partial charge in [-0.25, -0.2) is 4.98 Å². The second kappa shape index (κ2) is 8.58. The molecule has 1 aromatic heterocycles. The standard InChI is InChI=1S/C21H34N4OS/c1-16-17(2)27-20(22-16)15-23-12-7-19(8-13-23)25-11-5-6-18(14-25)21(26)24-9-3-4-10-24/h18-19H,3-15H2,1-2H3. The van der Waals surface area contributed by atoms with Crippen LogP contribution in [0.2, 0.25) is 0 Å². The fourth-order valence-electron chi connectivity index (χ4n) is 4.98. The average Bonchev–Trinajstić information content (AvgIpc) is 3.32. The van der Waals surface area contributed by atoms with Crippen molar-refractivity contribution in [1.82, 2.24) is 19.7 Å². The third-order valence-electron chi connectivity index (χ3n) is 6.72. The molecule has 0 radical (unpaired) electrons. The molecule has 1 aromatic rings. The van der Waals surface area contributed by atoms with E-state index in [-0.39, 0.29) is 5.92 Å². The fourth-order valence-corrected chi connectivity index (χ4v) is 5.95. The number of carbonyl (C=O) groups is 1. The van der Waals surface area contributed by atoms with E-state index in [0.717, 1.165) is 45.7 Å². The van der Waals surface area contributed by atoms with Gasteiger partial charge >= 0.3 is 0 Å². The maximum Gasteiger partial charge on any atom is 0.226 e.